The maximum absolute atomic E-state index is 9.92. The molecule has 0 aromatic carbocycles. The second-order valence-electron chi connectivity index (χ2n) is 5.33. The van der Waals surface area contributed by atoms with Crippen molar-refractivity contribution < 1.29 is 44.8 Å². The first-order chi connectivity index (χ1) is 10.4. The quantitative estimate of drug-likeness (QED) is 0.273. The Morgan fingerprint density at radius 3 is 2.18 bits per heavy atom. The van der Waals surface area contributed by atoms with Gasteiger partial charge in [-0.25, -0.2) is 0 Å². The Kier molecular flexibility index (Phi) is 8.11. The van der Waals surface area contributed by atoms with Gasteiger partial charge in [0.05, 0.1) is 18.8 Å². The first kappa shape index (κ1) is 19.7. The molecule has 22 heavy (non-hydrogen) atoms. The van der Waals surface area contributed by atoms with E-state index in [0.717, 1.165) is 0 Å². The molecule has 0 aromatic rings. The van der Waals surface area contributed by atoms with E-state index in [2.05, 4.69) is 0 Å². The van der Waals surface area contributed by atoms with Gasteiger partial charge in [0.2, 0.25) is 0 Å². The molecule has 1 fully saturated rings. The van der Waals surface area contributed by atoms with Gasteiger partial charge >= 0.3 is 0 Å². The van der Waals surface area contributed by atoms with Gasteiger partial charge in [-0.05, 0) is 13.3 Å². The highest BCUT2D eigenvalue weighted by Crippen LogP contribution is 2.25. The van der Waals surface area contributed by atoms with E-state index < -0.39 is 55.6 Å². The van der Waals surface area contributed by atoms with Crippen molar-refractivity contribution in [1.29, 1.82) is 0 Å². The third kappa shape index (κ3) is 4.57. The molecular formula is C13H26O9. The van der Waals surface area contributed by atoms with Crippen LogP contribution in [0.3, 0.4) is 0 Å². The van der Waals surface area contributed by atoms with Crippen molar-refractivity contribution >= 4 is 0 Å². The second-order valence-corrected chi connectivity index (χ2v) is 5.33. The lowest BCUT2D eigenvalue weighted by Crippen LogP contribution is -2.60. The van der Waals surface area contributed by atoms with E-state index in [1.165, 1.54) is 14.0 Å². The van der Waals surface area contributed by atoms with Crippen molar-refractivity contribution in [2.24, 2.45) is 0 Å². The number of aliphatic hydroxyl groups is 6. The largest absolute Gasteiger partial charge is 0.396 e. The molecule has 9 nitrogen and oxygen atoms in total. The third-order valence-electron chi connectivity index (χ3n) is 3.70. The molecule has 9 heteroatoms. The summed E-state index contributed by atoms with van der Waals surface area (Å²) < 4.78 is 15.9. The van der Waals surface area contributed by atoms with Gasteiger partial charge in [-0.1, -0.05) is 0 Å². The molecule has 1 rings (SSSR count). The number of rotatable bonds is 8. The predicted molar refractivity (Wildman–Crippen MR) is 72.8 cm³/mol. The normalized spacial score (nSPS) is 36.8. The van der Waals surface area contributed by atoms with Gasteiger partial charge in [0, 0.05) is 13.7 Å². The topological polar surface area (TPSA) is 149 Å². The van der Waals surface area contributed by atoms with Crippen molar-refractivity contribution in [2.75, 3.05) is 20.3 Å². The molecule has 0 aliphatic carbocycles. The smallest absolute Gasteiger partial charge is 0.187 e. The van der Waals surface area contributed by atoms with E-state index in [0.29, 0.717) is 0 Å². The van der Waals surface area contributed by atoms with Gasteiger partial charge in [0.1, 0.15) is 30.5 Å². The molecule has 6 N–H and O–H groups in total. The lowest BCUT2D eigenvalue weighted by Gasteiger charge is -2.42. The summed E-state index contributed by atoms with van der Waals surface area (Å²) in [5.74, 6) is 0. The summed E-state index contributed by atoms with van der Waals surface area (Å²) in [6.45, 7) is 0.673. The third-order valence-corrected chi connectivity index (χ3v) is 3.70. The van der Waals surface area contributed by atoms with Crippen molar-refractivity contribution in [1.82, 2.24) is 0 Å². The van der Waals surface area contributed by atoms with Crippen molar-refractivity contribution in [3.05, 3.63) is 0 Å². The van der Waals surface area contributed by atoms with E-state index in [-0.39, 0.29) is 13.0 Å². The maximum atomic E-state index is 9.92. The first-order valence-electron chi connectivity index (χ1n) is 7.15. The van der Waals surface area contributed by atoms with Crippen LogP contribution in [-0.2, 0) is 14.2 Å². The Morgan fingerprint density at radius 2 is 1.73 bits per heavy atom. The molecule has 1 heterocycles. The van der Waals surface area contributed by atoms with Gasteiger partial charge in [-0.2, -0.15) is 0 Å². The van der Waals surface area contributed by atoms with Crippen LogP contribution in [0.4, 0.5) is 0 Å². The fraction of sp³-hybridized carbons (Fsp3) is 1.00. The summed E-state index contributed by atoms with van der Waals surface area (Å²) >= 11 is 0. The van der Waals surface area contributed by atoms with Gasteiger partial charge in [-0.15, -0.1) is 0 Å². The number of hydrogen-bond donors (Lipinski definition) is 6. The van der Waals surface area contributed by atoms with Crippen LogP contribution in [0, 0.1) is 0 Å². The summed E-state index contributed by atoms with van der Waals surface area (Å²) in [6.07, 6.45) is -9.53. The zero-order chi connectivity index (χ0) is 16.9. The molecule has 1 aliphatic heterocycles. The predicted octanol–water partition coefficient (Wildman–Crippen LogP) is -3.05. The average molecular weight is 326 g/mol. The minimum Gasteiger partial charge on any atom is -0.396 e. The Morgan fingerprint density at radius 1 is 1.09 bits per heavy atom. The maximum Gasteiger partial charge on any atom is 0.187 e. The lowest BCUT2D eigenvalue weighted by molar-refractivity contribution is -0.324. The molecule has 132 valence electrons. The summed E-state index contributed by atoms with van der Waals surface area (Å²) in [7, 11) is 1.38. The minimum absolute atomic E-state index is 0.184. The van der Waals surface area contributed by atoms with Gasteiger partial charge in [0.25, 0.3) is 0 Å². The molecule has 0 bridgehead atoms. The lowest BCUT2D eigenvalue weighted by atomic mass is 9.99. The molecule has 0 radical (unpaired) electrons. The molecular weight excluding hydrogens is 300 g/mol. The highest BCUT2D eigenvalue weighted by Gasteiger charge is 2.45. The summed E-state index contributed by atoms with van der Waals surface area (Å²) in [6, 6.07) is 0. The van der Waals surface area contributed by atoms with Gasteiger partial charge in [-0.3, -0.25) is 0 Å². The van der Waals surface area contributed by atoms with Crippen LogP contribution in [0.5, 0.6) is 0 Å². The number of methoxy groups -OCH3 is 1. The summed E-state index contributed by atoms with van der Waals surface area (Å²) in [4.78, 5) is 0. The van der Waals surface area contributed by atoms with Crippen LogP contribution in [-0.4, -0.2) is 100.0 Å². The Balaban J connectivity index is 2.82. The monoisotopic (exact) mass is 326 g/mol. The van der Waals surface area contributed by atoms with Crippen molar-refractivity contribution in [2.45, 2.75) is 62.4 Å². The second kappa shape index (κ2) is 9.06. The van der Waals surface area contributed by atoms with E-state index in [4.69, 9.17) is 24.4 Å². The van der Waals surface area contributed by atoms with Crippen LogP contribution in [0.25, 0.3) is 0 Å². The molecule has 8 unspecified atom stereocenters. The zero-order valence-corrected chi connectivity index (χ0v) is 12.6. The Bertz CT molecular complexity index is 312. The molecule has 0 spiro atoms. The van der Waals surface area contributed by atoms with E-state index in [1.54, 1.807) is 0 Å². The Labute approximate surface area is 128 Å². The van der Waals surface area contributed by atoms with Crippen LogP contribution < -0.4 is 0 Å². The highest BCUT2D eigenvalue weighted by atomic mass is 16.7. The summed E-state index contributed by atoms with van der Waals surface area (Å²) in [5.41, 5.74) is 0. The summed E-state index contributed by atoms with van der Waals surface area (Å²) in [5, 5.41) is 57.3. The molecule has 0 saturated carbocycles. The zero-order valence-electron chi connectivity index (χ0n) is 12.6. The fourth-order valence-electron chi connectivity index (χ4n) is 2.39. The van der Waals surface area contributed by atoms with Gasteiger partial charge < -0.3 is 44.8 Å². The molecule has 1 saturated heterocycles. The Hall–Kier alpha value is -0.360. The highest BCUT2D eigenvalue weighted by molar-refractivity contribution is 4.90. The number of ether oxygens (including phenoxy) is 3. The first-order valence-corrected chi connectivity index (χ1v) is 7.15. The van der Waals surface area contributed by atoms with Crippen LogP contribution in [0.15, 0.2) is 0 Å². The van der Waals surface area contributed by atoms with Crippen LogP contribution >= 0.6 is 0 Å². The van der Waals surface area contributed by atoms with Gasteiger partial charge in [0.15, 0.2) is 6.29 Å². The molecule has 0 amide bonds. The van der Waals surface area contributed by atoms with Crippen molar-refractivity contribution in [3.63, 3.8) is 0 Å². The van der Waals surface area contributed by atoms with E-state index in [1.807, 2.05) is 0 Å². The van der Waals surface area contributed by atoms with Crippen LogP contribution in [0.2, 0.25) is 0 Å². The average Bonchev–Trinajstić information content (AvgIpc) is 2.50. The minimum atomic E-state index is -1.57. The van der Waals surface area contributed by atoms with E-state index in [9.17, 15) is 20.4 Å². The number of aliphatic hydroxyl groups excluding tert-OH is 6. The SMILES string of the molecule is COC(CCO)C(OC1OC(CO)C(O)C(O)C1O)C(C)O. The number of hydrogen-bond acceptors (Lipinski definition) is 9. The van der Waals surface area contributed by atoms with Crippen molar-refractivity contribution in [3.8, 4) is 0 Å². The molecule has 1 aliphatic rings. The molecule has 0 aromatic heterocycles. The van der Waals surface area contributed by atoms with Crippen LogP contribution in [0.1, 0.15) is 13.3 Å². The molecule has 8 atom stereocenters. The van der Waals surface area contributed by atoms with E-state index >= 15 is 0 Å². The fourth-order valence-corrected chi connectivity index (χ4v) is 2.39. The standard InChI is InChI=1S/C13H26O9/c1-6(16)12(7(20-2)3-4-14)22-13-11(19)10(18)9(17)8(5-15)21-13/h6-19H,3-5H2,1-2H3.